The second kappa shape index (κ2) is 7.95. The van der Waals surface area contributed by atoms with Gasteiger partial charge in [-0.1, -0.05) is 31.0 Å². The number of benzene rings is 2. The van der Waals surface area contributed by atoms with Crippen LogP contribution in [0.1, 0.15) is 58.4 Å². The highest BCUT2D eigenvalue weighted by atomic mass is 16.2. The molecule has 2 aromatic carbocycles. The first kappa shape index (κ1) is 17.8. The third kappa shape index (κ3) is 3.75. The standard InChI is InChI=1S/C23H26N2O2/c26-22(24-15-5-1-2-6-16-24)19-11-13-20(14-12-19)23(27)25-17-7-9-18-8-3-4-10-21(18)25/h3-4,8,10-14H,1-2,5-7,9,15-17H2. The summed E-state index contributed by atoms with van der Waals surface area (Å²) in [5.74, 6) is 0.0927. The number of likely N-dealkylation sites (tertiary alicyclic amines) is 1. The van der Waals surface area contributed by atoms with Gasteiger partial charge < -0.3 is 9.80 Å². The maximum absolute atomic E-state index is 13.0. The highest BCUT2D eigenvalue weighted by Gasteiger charge is 2.24. The molecule has 2 aliphatic heterocycles. The zero-order valence-corrected chi connectivity index (χ0v) is 15.7. The van der Waals surface area contributed by atoms with Crippen molar-refractivity contribution in [1.82, 2.24) is 4.90 Å². The van der Waals surface area contributed by atoms with E-state index >= 15 is 0 Å². The third-order valence-corrected chi connectivity index (χ3v) is 5.63. The van der Waals surface area contributed by atoms with Gasteiger partial charge in [-0.25, -0.2) is 0 Å². The van der Waals surface area contributed by atoms with Crippen LogP contribution in [0.4, 0.5) is 5.69 Å². The molecule has 4 heteroatoms. The zero-order chi connectivity index (χ0) is 18.6. The van der Waals surface area contributed by atoms with Crippen molar-refractivity contribution in [2.75, 3.05) is 24.5 Å². The lowest BCUT2D eigenvalue weighted by molar-refractivity contribution is 0.0761. The fraction of sp³-hybridized carbons (Fsp3) is 0.391. The van der Waals surface area contributed by atoms with Crippen LogP contribution < -0.4 is 4.90 Å². The first-order chi connectivity index (χ1) is 13.2. The van der Waals surface area contributed by atoms with Crippen LogP contribution in [0, 0.1) is 0 Å². The quantitative estimate of drug-likeness (QED) is 0.799. The minimum absolute atomic E-state index is 0.0101. The molecule has 27 heavy (non-hydrogen) atoms. The number of anilines is 1. The summed E-state index contributed by atoms with van der Waals surface area (Å²) >= 11 is 0. The lowest BCUT2D eigenvalue weighted by atomic mass is 10.0. The van der Waals surface area contributed by atoms with Gasteiger partial charge >= 0.3 is 0 Å². The summed E-state index contributed by atoms with van der Waals surface area (Å²) in [6.45, 7) is 2.42. The molecule has 1 fully saturated rings. The number of carbonyl (C=O) groups excluding carboxylic acids is 2. The van der Waals surface area contributed by atoms with Gasteiger partial charge in [0.1, 0.15) is 0 Å². The van der Waals surface area contributed by atoms with Crippen LogP contribution in [0.3, 0.4) is 0 Å². The molecular formula is C23H26N2O2. The summed E-state index contributed by atoms with van der Waals surface area (Å²) in [5, 5.41) is 0. The molecular weight excluding hydrogens is 336 g/mol. The van der Waals surface area contributed by atoms with E-state index in [0.29, 0.717) is 11.1 Å². The Morgan fingerprint density at radius 1 is 0.667 bits per heavy atom. The Balaban J connectivity index is 1.51. The van der Waals surface area contributed by atoms with Gasteiger partial charge in [0.05, 0.1) is 0 Å². The van der Waals surface area contributed by atoms with E-state index in [-0.39, 0.29) is 11.8 Å². The van der Waals surface area contributed by atoms with Gasteiger partial charge in [-0.15, -0.1) is 0 Å². The Kier molecular flexibility index (Phi) is 5.23. The number of aryl methyl sites for hydroxylation is 1. The van der Waals surface area contributed by atoms with Crippen molar-refractivity contribution in [2.45, 2.75) is 38.5 Å². The molecule has 0 bridgehead atoms. The predicted octanol–water partition coefficient (Wildman–Crippen LogP) is 4.30. The predicted molar refractivity (Wildman–Crippen MR) is 107 cm³/mol. The highest BCUT2D eigenvalue weighted by Crippen LogP contribution is 2.28. The van der Waals surface area contributed by atoms with E-state index in [1.54, 1.807) is 24.3 Å². The van der Waals surface area contributed by atoms with E-state index in [1.807, 2.05) is 28.0 Å². The lowest BCUT2D eigenvalue weighted by Crippen LogP contribution is -2.35. The summed E-state index contributed by atoms with van der Waals surface area (Å²) in [4.78, 5) is 29.6. The first-order valence-corrected chi connectivity index (χ1v) is 10.0. The number of hydrogen-bond acceptors (Lipinski definition) is 2. The molecule has 2 amide bonds. The van der Waals surface area contributed by atoms with Crippen molar-refractivity contribution in [2.24, 2.45) is 0 Å². The molecule has 2 heterocycles. The summed E-state index contributed by atoms with van der Waals surface area (Å²) in [5.41, 5.74) is 3.55. The van der Waals surface area contributed by atoms with Crippen LogP contribution in [0.15, 0.2) is 48.5 Å². The molecule has 0 unspecified atom stereocenters. The molecule has 4 nitrogen and oxygen atoms in total. The summed E-state index contributed by atoms with van der Waals surface area (Å²) in [7, 11) is 0. The fourth-order valence-electron chi connectivity index (χ4n) is 4.11. The maximum atomic E-state index is 13.0. The number of hydrogen-bond donors (Lipinski definition) is 0. The van der Waals surface area contributed by atoms with Crippen molar-refractivity contribution < 1.29 is 9.59 Å². The number of para-hydroxylation sites is 1. The number of amides is 2. The topological polar surface area (TPSA) is 40.6 Å². The Morgan fingerprint density at radius 2 is 1.30 bits per heavy atom. The van der Waals surface area contributed by atoms with Crippen molar-refractivity contribution in [3.63, 3.8) is 0 Å². The minimum atomic E-state index is 0.0101. The summed E-state index contributed by atoms with van der Waals surface area (Å²) in [6, 6.07) is 15.3. The van der Waals surface area contributed by atoms with E-state index in [9.17, 15) is 9.59 Å². The van der Waals surface area contributed by atoms with Gasteiger partial charge in [-0.05, 0) is 61.6 Å². The second-order valence-electron chi connectivity index (χ2n) is 7.47. The highest BCUT2D eigenvalue weighted by molar-refractivity contribution is 6.07. The Bertz CT molecular complexity index is 821. The van der Waals surface area contributed by atoms with Gasteiger partial charge in [-0.3, -0.25) is 9.59 Å². The van der Waals surface area contributed by atoms with Crippen LogP contribution in [-0.2, 0) is 6.42 Å². The molecule has 0 atom stereocenters. The van der Waals surface area contributed by atoms with Crippen LogP contribution in [0.5, 0.6) is 0 Å². The third-order valence-electron chi connectivity index (χ3n) is 5.63. The SMILES string of the molecule is O=C(c1ccc(C(=O)N2CCCc3ccccc32)cc1)N1CCCCCC1. The van der Waals surface area contributed by atoms with Gasteiger partial charge in [-0.2, -0.15) is 0 Å². The van der Waals surface area contributed by atoms with E-state index < -0.39 is 0 Å². The van der Waals surface area contributed by atoms with Crippen LogP contribution >= 0.6 is 0 Å². The number of nitrogens with zero attached hydrogens (tertiary/aromatic N) is 2. The molecule has 0 radical (unpaired) electrons. The van der Waals surface area contributed by atoms with Crippen LogP contribution in [-0.4, -0.2) is 36.3 Å². The molecule has 0 saturated carbocycles. The molecule has 0 spiro atoms. The van der Waals surface area contributed by atoms with Gasteiger partial charge in [0.2, 0.25) is 0 Å². The largest absolute Gasteiger partial charge is 0.339 e. The minimum Gasteiger partial charge on any atom is -0.339 e. The van der Waals surface area contributed by atoms with Crippen molar-refractivity contribution in [3.8, 4) is 0 Å². The average Bonchev–Trinajstić information content (AvgIpc) is 3.02. The fourth-order valence-corrected chi connectivity index (χ4v) is 4.11. The molecule has 0 N–H and O–H groups in total. The van der Waals surface area contributed by atoms with E-state index in [2.05, 4.69) is 6.07 Å². The van der Waals surface area contributed by atoms with E-state index in [4.69, 9.17) is 0 Å². The lowest BCUT2D eigenvalue weighted by Gasteiger charge is -2.29. The summed E-state index contributed by atoms with van der Waals surface area (Å²) < 4.78 is 0. The van der Waals surface area contributed by atoms with E-state index in [0.717, 1.165) is 51.0 Å². The van der Waals surface area contributed by atoms with Crippen molar-refractivity contribution in [1.29, 1.82) is 0 Å². The molecule has 2 aromatic rings. The number of fused-ring (bicyclic) bond motifs is 1. The van der Waals surface area contributed by atoms with Gasteiger partial charge in [0, 0.05) is 36.4 Å². The molecule has 0 aromatic heterocycles. The molecule has 140 valence electrons. The Labute approximate surface area is 160 Å². The van der Waals surface area contributed by atoms with Gasteiger partial charge in [0.25, 0.3) is 11.8 Å². The van der Waals surface area contributed by atoms with Crippen molar-refractivity contribution in [3.05, 3.63) is 65.2 Å². The first-order valence-electron chi connectivity index (χ1n) is 10.0. The Morgan fingerprint density at radius 3 is 2.00 bits per heavy atom. The monoisotopic (exact) mass is 362 g/mol. The number of rotatable bonds is 2. The molecule has 1 saturated heterocycles. The summed E-state index contributed by atoms with van der Waals surface area (Å²) in [6.07, 6.45) is 6.56. The van der Waals surface area contributed by atoms with Gasteiger partial charge in [0.15, 0.2) is 0 Å². The molecule has 4 rings (SSSR count). The smallest absolute Gasteiger partial charge is 0.258 e. The maximum Gasteiger partial charge on any atom is 0.258 e. The van der Waals surface area contributed by atoms with Crippen molar-refractivity contribution >= 4 is 17.5 Å². The number of carbonyl (C=O) groups is 2. The Hall–Kier alpha value is -2.62. The average molecular weight is 362 g/mol. The second-order valence-corrected chi connectivity index (χ2v) is 7.47. The van der Waals surface area contributed by atoms with E-state index in [1.165, 1.54) is 18.4 Å². The molecule has 0 aliphatic carbocycles. The zero-order valence-electron chi connectivity index (χ0n) is 15.7. The molecule has 2 aliphatic rings. The normalized spacial score (nSPS) is 17.2. The van der Waals surface area contributed by atoms with Crippen LogP contribution in [0.2, 0.25) is 0 Å². The van der Waals surface area contributed by atoms with Crippen LogP contribution in [0.25, 0.3) is 0 Å².